The molecule has 1 aliphatic rings. The molecule has 0 amide bonds. The second-order valence-corrected chi connectivity index (χ2v) is 6.85. The van der Waals surface area contributed by atoms with Gasteiger partial charge in [-0.3, -0.25) is 4.90 Å². The summed E-state index contributed by atoms with van der Waals surface area (Å²) in [6.07, 6.45) is 4.40. The first kappa shape index (κ1) is 20.1. The number of hydrogen-bond donors (Lipinski definition) is 0. The van der Waals surface area contributed by atoms with E-state index in [-0.39, 0.29) is 5.97 Å². The Kier molecular flexibility index (Phi) is 7.64. The highest BCUT2D eigenvalue weighted by atomic mass is 16.5. The van der Waals surface area contributed by atoms with Gasteiger partial charge in [0.1, 0.15) is 5.75 Å². The Balaban J connectivity index is 1.43. The highest BCUT2D eigenvalue weighted by Gasteiger charge is 2.14. The van der Waals surface area contributed by atoms with Crippen LogP contribution in [0.4, 0.5) is 0 Å². The lowest BCUT2D eigenvalue weighted by molar-refractivity contribution is -0.129. The number of benzene rings is 2. The Morgan fingerprint density at radius 1 is 0.964 bits per heavy atom. The predicted molar refractivity (Wildman–Crippen MR) is 111 cm³/mol. The number of nitrogens with zero attached hydrogens (tertiary/aromatic N) is 2. The maximum atomic E-state index is 12.1. The molecule has 1 fully saturated rings. The molecule has 0 radical (unpaired) electrons. The van der Waals surface area contributed by atoms with Crippen LogP contribution in [0.1, 0.15) is 6.42 Å². The van der Waals surface area contributed by atoms with E-state index in [1.165, 1.54) is 6.08 Å². The minimum Gasteiger partial charge on any atom is -0.423 e. The summed E-state index contributed by atoms with van der Waals surface area (Å²) in [5, 5.41) is 0. The molecule has 28 heavy (non-hydrogen) atoms. The lowest BCUT2D eigenvalue weighted by Gasteiger charge is -2.33. The Hall–Kier alpha value is -2.63. The van der Waals surface area contributed by atoms with Gasteiger partial charge in [-0.15, -0.1) is 0 Å². The van der Waals surface area contributed by atoms with Gasteiger partial charge in [-0.2, -0.15) is 0 Å². The Morgan fingerprint density at radius 3 is 2.32 bits per heavy atom. The van der Waals surface area contributed by atoms with Crippen LogP contribution in [0.15, 0.2) is 66.9 Å². The highest BCUT2D eigenvalue weighted by Crippen LogP contribution is 2.22. The quantitative estimate of drug-likeness (QED) is 0.304. The Bertz CT molecular complexity index is 751. The van der Waals surface area contributed by atoms with Gasteiger partial charge < -0.3 is 14.4 Å². The van der Waals surface area contributed by atoms with Gasteiger partial charge in [-0.1, -0.05) is 42.5 Å². The maximum absolute atomic E-state index is 12.1. The average Bonchev–Trinajstić information content (AvgIpc) is 2.74. The van der Waals surface area contributed by atoms with Gasteiger partial charge in [-0.05, 0) is 29.7 Å². The molecule has 2 aromatic rings. The highest BCUT2D eigenvalue weighted by molar-refractivity contribution is 5.84. The molecule has 1 saturated heterocycles. The average molecular weight is 380 g/mol. The van der Waals surface area contributed by atoms with Gasteiger partial charge in [0, 0.05) is 58.7 Å². The van der Waals surface area contributed by atoms with Gasteiger partial charge >= 0.3 is 5.97 Å². The summed E-state index contributed by atoms with van der Waals surface area (Å²) in [5.41, 5.74) is 2.24. The molecule has 0 spiro atoms. The van der Waals surface area contributed by atoms with Gasteiger partial charge in [0.05, 0.1) is 0 Å². The third kappa shape index (κ3) is 6.22. The van der Waals surface area contributed by atoms with E-state index in [2.05, 4.69) is 21.9 Å². The molecule has 3 rings (SSSR count). The molecular weight excluding hydrogens is 352 g/mol. The molecule has 0 unspecified atom stereocenters. The van der Waals surface area contributed by atoms with Crippen LogP contribution in [-0.2, 0) is 9.53 Å². The SMILES string of the molecule is COCCCN1CCN(/C=C/C(=O)Oc2ccc(-c3ccccc3)cc2)CC1. The van der Waals surface area contributed by atoms with Gasteiger partial charge in [0.15, 0.2) is 0 Å². The minimum atomic E-state index is -0.352. The van der Waals surface area contributed by atoms with E-state index in [9.17, 15) is 4.79 Å². The second kappa shape index (κ2) is 10.6. The number of methoxy groups -OCH3 is 1. The molecule has 148 valence electrons. The first-order valence-electron chi connectivity index (χ1n) is 9.75. The lowest BCUT2D eigenvalue weighted by Crippen LogP contribution is -2.44. The molecule has 5 heteroatoms. The summed E-state index contributed by atoms with van der Waals surface area (Å²) < 4.78 is 10.5. The van der Waals surface area contributed by atoms with Crippen LogP contribution < -0.4 is 4.74 Å². The van der Waals surface area contributed by atoms with Crippen LogP contribution in [0, 0.1) is 0 Å². The van der Waals surface area contributed by atoms with E-state index in [0.717, 1.165) is 56.9 Å². The van der Waals surface area contributed by atoms with Crippen molar-refractivity contribution in [1.29, 1.82) is 0 Å². The van der Waals surface area contributed by atoms with Crippen LogP contribution in [0.2, 0.25) is 0 Å². The van der Waals surface area contributed by atoms with Gasteiger partial charge in [-0.25, -0.2) is 4.79 Å². The summed E-state index contributed by atoms with van der Waals surface area (Å²) in [7, 11) is 1.74. The summed E-state index contributed by atoms with van der Waals surface area (Å²) in [6, 6.07) is 17.7. The fraction of sp³-hybridized carbons (Fsp3) is 0.348. The lowest BCUT2D eigenvalue weighted by atomic mass is 10.1. The van der Waals surface area contributed by atoms with E-state index >= 15 is 0 Å². The van der Waals surface area contributed by atoms with Crippen molar-refractivity contribution in [2.45, 2.75) is 6.42 Å². The van der Waals surface area contributed by atoms with Crippen LogP contribution in [0.3, 0.4) is 0 Å². The molecule has 0 atom stereocenters. The number of hydrogen-bond acceptors (Lipinski definition) is 5. The van der Waals surface area contributed by atoms with E-state index in [1.54, 1.807) is 7.11 Å². The first-order valence-corrected chi connectivity index (χ1v) is 9.75. The van der Waals surface area contributed by atoms with Crippen molar-refractivity contribution < 1.29 is 14.3 Å². The molecule has 2 aromatic carbocycles. The van der Waals surface area contributed by atoms with Crippen LogP contribution in [0.25, 0.3) is 11.1 Å². The summed E-state index contributed by atoms with van der Waals surface area (Å²) in [4.78, 5) is 16.7. The van der Waals surface area contributed by atoms with Crippen LogP contribution >= 0.6 is 0 Å². The van der Waals surface area contributed by atoms with Gasteiger partial charge in [0.25, 0.3) is 0 Å². The Labute approximate surface area is 167 Å². The molecule has 5 nitrogen and oxygen atoms in total. The third-order valence-electron chi connectivity index (χ3n) is 4.83. The number of esters is 1. The molecule has 0 aliphatic carbocycles. The summed E-state index contributed by atoms with van der Waals surface area (Å²) >= 11 is 0. The standard InChI is InChI=1S/C23H28N2O3/c1-27-19-5-13-24-15-17-25(18-16-24)14-12-23(26)28-22-10-8-21(9-11-22)20-6-3-2-4-7-20/h2-4,6-12,14H,5,13,15-19H2,1H3/b14-12+. The van der Waals surface area contributed by atoms with Crippen LogP contribution in [0.5, 0.6) is 5.75 Å². The number of rotatable bonds is 8. The zero-order valence-electron chi connectivity index (χ0n) is 16.4. The molecule has 0 bridgehead atoms. The van der Waals surface area contributed by atoms with Crippen molar-refractivity contribution in [3.8, 4) is 16.9 Å². The topological polar surface area (TPSA) is 42.0 Å². The predicted octanol–water partition coefficient (Wildman–Crippen LogP) is 3.43. The van der Waals surface area contributed by atoms with Crippen molar-refractivity contribution >= 4 is 5.97 Å². The number of carbonyl (C=O) groups excluding carboxylic acids is 1. The van der Waals surface area contributed by atoms with Crippen molar-refractivity contribution in [2.24, 2.45) is 0 Å². The monoisotopic (exact) mass is 380 g/mol. The fourth-order valence-electron chi connectivity index (χ4n) is 3.23. The fourth-order valence-corrected chi connectivity index (χ4v) is 3.23. The van der Waals surface area contributed by atoms with Gasteiger partial charge in [0.2, 0.25) is 0 Å². The van der Waals surface area contributed by atoms with Crippen molar-refractivity contribution in [2.75, 3.05) is 46.4 Å². The molecular formula is C23H28N2O3. The van der Waals surface area contributed by atoms with Crippen molar-refractivity contribution in [3.05, 3.63) is 66.9 Å². The smallest absolute Gasteiger partial charge is 0.337 e. The molecule has 0 saturated carbocycles. The van der Waals surface area contributed by atoms with E-state index < -0.39 is 0 Å². The van der Waals surface area contributed by atoms with Crippen molar-refractivity contribution in [1.82, 2.24) is 9.80 Å². The third-order valence-corrected chi connectivity index (χ3v) is 4.83. The number of piperazine rings is 1. The van der Waals surface area contributed by atoms with E-state index in [0.29, 0.717) is 5.75 Å². The normalized spacial score (nSPS) is 15.1. The van der Waals surface area contributed by atoms with Crippen LogP contribution in [-0.4, -0.2) is 62.2 Å². The molecule has 1 aliphatic heterocycles. The largest absolute Gasteiger partial charge is 0.423 e. The molecule has 1 heterocycles. The minimum absolute atomic E-state index is 0.352. The van der Waals surface area contributed by atoms with Crippen molar-refractivity contribution in [3.63, 3.8) is 0 Å². The summed E-state index contributed by atoms with van der Waals surface area (Å²) in [6.45, 7) is 5.71. The second-order valence-electron chi connectivity index (χ2n) is 6.85. The molecule has 0 N–H and O–H groups in total. The number of ether oxygens (including phenoxy) is 2. The van der Waals surface area contributed by atoms with E-state index in [1.807, 2.05) is 48.7 Å². The zero-order chi connectivity index (χ0) is 19.6. The zero-order valence-corrected chi connectivity index (χ0v) is 16.4. The van der Waals surface area contributed by atoms with E-state index in [4.69, 9.17) is 9.47 Å². The summed E-state index contributed by atoms with van der Waals surface area (Å²) in [5.74, 6) is 0.201. The first-order chi connectivity index (χ1) is 13.7. The maximum Gasteiger partial charge on any atom is 0.337 e. The number of carbonyl (C=O) groups is 1. The molecule has 0 aromatic heterocycles. The Morgan fingerprint density at radius 2 is 1.64 bits per heavy atom.